The van der Waals surface area contributed by atoms with Gasteiger partial charge in [0.15, 0.2) is 0 Å². The van der Waals surface area contributed by atoms with Gasteiger partial charge in [0.2, 0.25) is 5.91 Å². The maximum Gasteiger partial charge on any atom is 0.304 e. The first-order valence-corrected chi connectivity index (χ1v) is 5.22. The van der Waals surface area contributed by atoms with Crippen molar-refractivity contribution in [3.05, 3.63) is 20.7 Å². The summed E-state index contributed by atoms with van der Waals surface area (Å²) < 4.78 is 0. The summed E-state index contributed by atoms with van der Waals surface area (Å²) in [6.45, 7) is 0.344. The lowest BCUT2D eigenvalue weighted by Gasteiger charge is -2.08. The standard InChI is InChI=1S/C8H11N3O2S/c9-8(1-2-8)6(12)10-3-5-4-14-7(13)11-5/h4H,1-3,9H2,(H,10,12)(H,11,13). The van der Waals surface area contributed by atoms with Crippen LogP contribution in [0.1, 0.15) is 18.5 Å². The van der Waals surface area contributed by atoms with E-state index in [0.29, 0.717) is 6.54 Å². The molecule has 1 aliphatic rings. The summed E-state index contributed by atoms with van der Waals surface area (Å²) in [4.78, 5) is 24.7. The molecule has 2 rings (SSSR count). The van der Waals surface area contributed by atoms with Gasteiger partial charge in [-0.05, 0) is 12.8 Å². The Bertz CT molecular complexity index is 405. The molecule has 0 saturated heterocycles. The third kappa shape index (κ3) is 1.85. The first kappa shape index (κ1) is 9.42. The minimum absolute atomic E-state index is 0.108. The predicted octanol–water partition coefficient (Wildman–Crippen LogP) is -0.456. The Morgan fingerprint density at radius 3 is 2.93 bits per heavy atom. The monoisotopic (exact) mass is 213 g/mol. The van der Waals surface area contributed by atoms with Gasteiger partial charge in [-0.2, -0.15) is 0 Å². The average Bonchev–Trinajstić information content (AvgIpc) is 2.76. The fraction of sp³-hybridized carbons (Fsp3) is 0.500. The molecule has 4 N–H and O–H groups in total. The van der Waals surface area contributed by atoms with E-state index in [1.165, 1.54) is 0 Å². The topological polar surface area (TPSA) is 88.0 Å². The van der Waals surface area contributed by atoms with E-state index in [0.717, 1.165) is 29.9 Å². The van der Waals surface area contributed by atoms with Crippen LogP contribution < -0.4 is 15.9 Å². The summed E-state index contributed by atoms with van der Waals surface area (Å²) in [5.74, 6) is -0.135. The lowest BCUT2D eigenvalue weighted by molar-refractivity contribution is -0.123. The van der Waals surface area contributed by atoms with Gasteiger partial charge in [0, 0.05) is 11.1 Å². The molecule has 0 atom stereocenters. The Morgan fingerprint density at radius 2 is 2.43 bits per heavy atom. The summed E-state index contributed by atoms with van der Waals surface area (Å²) in [5, 5.41) is 4.38. The molecule has 0 radical (unpaired) electrons. The molecule has 1 heterocycles. The lowest BCUT2D eigenvalue weighted by Crippen LogP contribution is -2.42. The molecule has 76 valence electrons. The summed E-state index contributed by atoms with van der Waals surface area (Å²) >= 11 is 1.09. The van der Waals surface area contributed by atoms with Crippen LogP contribution in [-0.4, -0.2) is 16.4 Å². The normalized spacial score (nSPS) is 17.8. The second kappa shape index (κ2) is 3.21. The van der Waals surface area contributed by atoms with Crippen LogP contribution in [0.15, 0.2) is 10.2 Å². The number of rotatable bonds is 3. The number of carbonyl (C=O) groups is 1. The maximum atomic E-state index is 11.4. The van der Waals surface area contributed by atoms with Gasteiger partial charge in [-0.25, -0.2) is 0 Å². The van der Waals surface area contributed by atoms with E-state index in [1.807, 2.05) is 0 Å². The molecule has 0 unspecified atom stereocenters. The third-order valence-corrected chi connectivity index (χ3v) is 2.97. The van der Waals surface area contributed by atoms with Gasteiger partial charge >= 0.3 is 4.87 Å². The van der Waals surface area contributed by atoms with E-state index in [-0.39, 0.29) is 10.8 Å². The van der Waals surface area contributed by atoms with E-state index >= 15 is 0 Å². The smallest absolute Gasteiger partial charge is 0.304 e. The number of hydrogen-bond donors (Lipinski definition) is 3. The molecule has 1 aromatic rings. The molecule has 1 fully saturated rings. The zero-order valence-corrected chi connectivity index (χ0v) is 8.32. The molecule has 5 nitrogen and oxygen atoms in total. The molecule has 1 saturated carbocycles. The molecule has 1 aliphatic carbocycles. The molecule has 0 aromatic carbocycles. The number of amides is 1. The van der Waals surface area contributed by atoms with Gasteiger partial charge in [-0.3, -0.25) is 9.59 Å². The second-order valence-corrected chi connectivity index (χ2v) is 4.35. The van der Waals surface area contributed by atoms with Gasteiger partial charge in [-0.15, -0.1) is 0 Å². The van der Waals surface area contributed by atoms with Crippen molar-refractivity contribution in [2.45, 2.75) is 24.9 Å². The van der Waals surface area contributed by atoms with Crippen LogP contribution in [0.2, 0.25) is 0 Å². The zero-order chi connectivity index (χ0) is 10.2. The summed E-state index contributed by atoms with van der Waals surface area (Å²) in [6, 6.07) is 0. The quantitative estimate of drug-likeness (QED) is 0.635. The highest BCUT2D eigenvalue weighted by atomic mass is 32.1. The Hall–Kier alpha value is -1.14. The second-order valence-electron chi connectivity index (χ2n) is 3.51. The highest BCUT2D eigenvalue weighted by Crippen LogP contribution is 2.32. The third-order valence-electron chi connectivity index (χ3n) is 2.25. The highest BCUT2D eigenvalue weighted by molar-refractivity contribution is 7.07. The average molecular weight is 213 g/mol. The number of thiazole rings is 1. The Morgan fingerprint density at radius 1 is 1.71 bits per heavy atom. The van der Waals surface area contributed by atoms with Gasteiger partial charge < -0.3 is 16.0 Å². The zero-order valence-electron chi connectivity index (χ0n) is 7.50. The van der Waals surface area contributed by atoms with Crippen molar-refractivity contribution in [3.8, 4) is 0 Å². The van der Waals surface area contributed by atoms with Crippen LogP contribution in [0.25, 0.3) is 0 Å². The molecule has 14 heavy (non-hydrogen) atoms. The van der Waals surface area contributed by atoms with Crippen molar-refractivity contribution in [3.63, 3.8) is 0 Å². The first-order valence-electron chi connectivity index (χ1n) is 4.34. The molecule has 1 aromatic heterocycles. The van der Waals surface area contributed by atoms with Crippen molar-refractivity contribution in [2.24, 2.45) is 5.73 Å². The molecule has 1 amide bonds. The van der Waals surface area contributed by atoms with Crippen LogP contribution in [0.5, 0.6) is 0 Å². The maximum absolute atomic E-state index is 11.4. The van der Waals surface area contributed by atoms with Crippen molar-refractivity contribution in [1.29, 1.82) is 0 Å². The van der Waals surface area contributed by atoms with Crippen LogP contribution >= 0.6 is 11.3 Å². The summed E-state index contributed by atoms with van der Waals surface area (Å²) in [7, 11) is 0. The fourth-order valence-electron chi connectivity index (χ4n) is 1.11. The van der Waals surface area contributed by atoms with Gasteiger partial charge in [0.1, 0.15) is 0 Å². The van der Waals surface area contributed by atoms with E-state index in [1.54, 1.807) is 5.38 Å². The first-order chi connectivity index (χ1) is 6.60. The van der Waals surface area contributed by atoms with Gasteiger partial charge in [0.05, 0.1) is 12.1 Å². The van der Waals surface area contributed by atoms with Crippen molar-refractivity contribution in [2.75, 3.05) is 0 Å². The van der Waals surface area contributed by atoms with Crippen molar-refractivity contribution < 1.29 is 4.79 Å². The van der Waals surface area contributed by atoms with Crippen LogP contribution in [0.3, 0.4) is 0 Å². The minimum Gasteiger partial charge on any atom is -0.349 e. The number of hydrogen-bond acceptors (Lipinski definition) is 4. The number of aromatic amines is 1. The Balaban J connectivity index is 1.88. The SMILES string of the molecule is NC1(C(=O)NCc2csc(=O)[nH]2)CC1. The summed E-state index contributed by atoms with van der Waals surface area (Å²) in [6.07, 6.45) is 1.50. The van der Waals surface area contributed by atoms with Gasteiger partial charge in [-0.1, -0.05) is 11.3 Å². The summed E-state index contributed by atoms with van der Waals surface area (Å²) in [5.41, 5.74) is 5.76. The van der Waals surface area contributed by atoms with E-state index < -0.39 is 5.54 Å². The van der Waals surface area contributed by atoms with Crippen LogP contribution in [0.4, 0.5) is 0 Å². The highest BCUT2D eigenvalue weighted by Gasteiger charge is 2.45. The number of carbonyl (C=O) groups excluding carboxylic acids is 1. The Labute approximate surface area is 84.3 Å². The molecule has 6 heteroatoms. The lowest BCUT2D eigenvalue weighted by atomic mass is 10.3. The number of nitrogens with two attached hydrogens (primary N) is 1. The minimum atomic E-state index is -0.643. The molecule has 0 bridgehead atoms. The number of nitrogens with one attached hydrogen (secondary N) is 2. The largest absolute Gasteiger partial charge is 0.349 e. The molecular formula is C8H11N3O2S. The van der Waals surface area contributed by atoms with E-state index in [2.05, 4.69) is 10.3 Å². The van der Waals surface area contributed by atoms with E-state index in [4.69, 9.17) is 5.73 Å². The Kier molecular flexibility index (Phi) is 2.16. The predicted molar refractivity (Wildman–Crippen MR) is 52.9 cm³/mol. The van der Waals surface area contributed by atoms with E-state index in [9.17, 15) is 9.59 Å². The van der Waals surface area contributed by atoms with Crippen LogP contribution in [0, 0.1) is 0 Å². The number of aromatic nitrogens is 1. The molecule has 0 spiro atoms. The van der Waals surface area contributed by atoms with Crippen molar-refractivity contribution >= 4 is 17.2 Å². The fourth-order valence-corrected chi connectivity index (χ4v) is 1.70. The van der Waals surface area contributed by atoms with Gasteiger partial charge in [0.25, 0.3) is 0 Å². The molecule has 0 aliphatic heterocycles. The molecular weight excluding hydrogens is 202 g/mol. The van der Waals surface area contributed by atoms with Crippen molar-refractivity contribution in [1.82, 2.24) is 10.3 Å². The number of H-pyrrole nitrogens is 1. The van der Waals surface area contributed by atoms with Crippen LogP contribution in [-0.2, 0) is 11.3 Å².